The van der Waals surface area contributed by atoms with E-state index in [-0.39, 0.29) is 23.5 Å². The average Bonchev–Trinajstić information content (AvgIpc) is 2.70. The Hall–Kier alpha value is -1.51. The van der Waals surface area contributed by atoms with Crippen LogP contribution in [0.1, 0.15) is 17.0 Å². The summed E-state index contributed by atoms with van der Waals surface area (Å²) in [4.78, 5) is 10.8. The fourth-order valence-electron chi connectivity index (χ4n) is 2.74. The Morgan fingerprint density at radius 2 is 2.21 bits per heavy atom. The summed E-state index contributed by atoms with van der Waals surface area (Å²) in [7, 11) is 0. The number of hydrogen-bond acceptors (Lipinski definition) is 2. The van der Waals surface area contributed by atoms with Gasteiger partial charge in [0.2, 0.25) is 0 Å². The van der Waals surface area contributed by atoms with Crippen LogP contribution in [0.4, 0.5) is 0 Å². The van der Waals surface area contributed by atoms with Gasteiger partial charge in [-0.2, -0.15) is 0 Å². The Morgan fingerprint density at radius 3 is 2.93 bits per heavy atom. The van der Waals surface area contributed by atoms with Crippen molar-refractivity contribution in [3.05, 3.63) is 29.3 Å². The molecule has 0 aliphatic heterocycles. The van der Waals surface area contributed by atoms with Crippen molar-refractivity contribution < 1.29 is 15.0 Å². The first-order chi connectivity index (χ1) is 6.68. The number of carbonyl (C=O) groups is 1. The van der Waals surface area contributed by atoms with Crippen molar-refractivity contribution in [1.29, 1.82) is 0 Å². The van der Waals surface area contributed by atoms with E-state index in [4.69, 9.17) is 5.11 Å². The van der Waals surface area contributed by atoms with Gasteiger partial charge in [0.1, 0.15) is 5.75 Å². The van der Waals surface area contributed by atoms with Crippen LogP contribution in [0.3, 0.4) is 0 Å². The average molecular weight is 190 g/mol. The molecule has 2 aliphatic rings. The van der Waals surface area contributed by atoms with Gasteiger partial charge in [0.15, 0.2) is 0 Å². The molecule has 1 aromatic carbocycles. The number of aliphatic carboxylic acids is 1. The van der Waals surface area contributed by atoms with Crippen molar-refractivity contribution in [2.45, 2.75) is 12.3 Å². The minimum atomic E-state index is -0.682. The molecule has 1 fully saturated rings. The highest BCUT2D eigenvalue weighted by Gasteiger charge is 2.59. The van der Waals surface area contributed by atoms with Crippen LogP contribution in [0.5, 0.6) is 5.75 Å². The molecule has 2 N–H and O–H groups in total. The lowest BCUT2D eigenvalue weighted by atomic mass is 10.0. The van der Waals surface area contributed by atoms with Gasteiger partial charge in [0.05, 0.1) is 5.92 Å². The molecule has 0 radical (unpaired) electrons. The molecular formula is C11H10O3. The minimum absolute atomic E-state index is 0.174. The Bertz CT molecular complexity index is 425. The number of benzene rings is 1. The summed E-state index contributed by atoms with van der Waals surface area (Å²) < 4.78 is 0. The minimum Gasteiger partial charge on any atom is -0.508 e. The van der Waals surface area contributed by atoms with Crippen LogP contribution < -0.4 is 0 Å². The highest BCUT2D eigenvalue weighted by atomic mass is 16.4. The quantitative estimate of drug-likeness (QED) is 0.703. The number of hydrogen-bond donors (Lipinski definition) is 2. The van der Waals surface area contributed by atoms with E-state index < -0.39 is 5.97 Å². The van der Waals surface area contributed by atoms with Gasteiger partial charge in [-0.25, -0.2) is 0 Å². The van der Waals surface area contributed by atoms with E-state index in [1.807, 2.05) is 6.07 Å². The molecule has 1 aromatic rings. The highest BCUT2D eigenvalue weighted by molar-refractivity contribution is 5.77. The molecule has 3 rings (SSSR count). The van der Waals surface area contributed by atoms with Gasteiger partial charge in [-0.1, -0.05) is 6.07 Å². The molecular weight excluding hydrogens is 180 g/mol. The smallest absolute Gasteiger partial charge is 0.307 e. The summed E-state index contributed by atoms with van der Waals surface area (Å²) in [6, 6.07) is 5.25. The zero-order valence-electron chi connectivity index (χ0n) is 7.47. The number of carboxylic acids is 1. The lowest BCUT2D eigenvalue weighted by molar-refractivity contribution is -0.139. The SMILES string of the molecule is O=C(O)C1C2Cc3cc(O)ccc3C21. The van der Waals surface area contributed by atoms with Gasteiger partial charge in [-0.05, 0) is 35.6 Å². The molecule has 3 nitrogen and oxygen atoms in total. The van der Waals surface area contributed by atoms with Gasteiger partial charge in [-0.3, -0.25) is 4.79 Å². The standard InChI is InChI=1S/C11H10O3/c12-6-1-2-7-5(3-6)4-8-9(7)10(8)11(13)14/h1-3,8-10,12H,4H2,(H,13,14). The van der Waals surface area contributed by atoms with Crippen LogP contribution in [0.25, 0.3) is 0 Å². The topological polar surface area (TPSA) is 57.5 Å². The van der Waals surface area contributed by atoms with Gasteiger partial charge in [0.25, 0.3) is 0 Å². The molecule has 0 heterocycles. The summed E-state index contributed by atoms with van der Waals surface area (Å²) in [5.41, 5.74) is 2.25. The van der Waals surface area contributed by atoms with Gasteiger partial charge < -0.3 is 10.2 Å². The first-order valence-corrected chi connectivity index (χ1v) is 4.73. The maximum Gasteiger partial charge on any atom is 0.307 e. The van der Waals surface area contributed by atoms with Gasteiger partial charge >= 0.3 is 5.97 Å². The summed E-state index contributed by atoms with van der Waals surface area (Å²) in [5, 5.41) is 18.1. The second-order valence-electron chi connectivity index (χ2n) is 4.14. The van der Waals surface area contributed by atoms with E-state index in [1.165, 1.54) is 0 Å². The molecule has 0 bridgehead atoms. The molecule has 2 aliphatic carbocycles. The molecule has 0 saturated heterocycles. The van der Waals surface area contributed by atoms with E-state index in [2.05, 4.69) is 0 Å². The van der Waals surface area contributed by atoms with E-state index in [0.29, 0.717) is 0 Å². The Balaban J connectivity index is 1.99. The lowest BCUT2D eigenvalue weighted by Gasteiger charge is -2.04. The van der Waals surface area contributed by atoms with Gasteiger partial charge in [-0.15, -0.1) is 0 Å². The van der Waals surface area contributed by atoms with Crippen molar-refractivity contribution in [2.75, 3.05) is 0 Å². The first-order valence-electron chi connectivity index (χ1n) is 4.73. The van der Waals surface area contributed by atoms with Crippen LogP contribution >= 0.6 is 0 Å². The van der Waals surface area contributed by atoms with Crippen LogP contribution in [0.15, 0.2) is 18.2 Å². The fourth-order valence-corrected chi connectivity index (χ4v) is 2.74. The molecule has 3 atom stereocenters. The summed E-state index contributed by atoms with van der Waals surface area (Å²) in [6.07, 6.45) is 0.811. The van der Waals surface area contributed by atoms with Crippen molar-refractivity contribution in [2.24, 2.45) is 11.8 Å². The predicted octanol–water partition coefficient (Wildman–Crippen LogP) is 1.36. The Morgan fingerprint density at radius 1 is 1.43 bits per heavy atom. The maximum atomic E-state index is 10.8. The number of phenolic OH excluding ortho intramolecular Hbond substituents is 1. The van der Waals surface area contributed by atoms with E-state index >= 15 is 0 Å². The molecule has 3 heteroatoms. The maximum absolute atomic E-state index is 10.8. The normalized spacial score (nSPS) is 32.1. The lowest BCUT2D eigenvalue weighted by Crippen LogP contribution is -2.04. The zero-order chi connectivity index (χ0) is 9.87. The number of rotatable bonds is 1. The largest absolute Gasteiger partial charge is 0.508 e. The molecule has 72 valence electrons. The second-order valence-corrected chi connectivity index (χ2v) is 4.14. The van der Waals surface area contributed by atoms with Gasteiger partial charge in [0, 0.05) is 5.92 Å². The van der Waals surface area contributed by atoms with Crippen molar-refractivity contribution in [3.8, 4) is 5.75 Å². The number of phenols is 1. The fraction of sp³-hybridized carbons (Fsp3) is 0.364. The number of aromatic hydroxyl groups is 1. The molecule has 0 spiro atoms. The van der Waals surface area contributed by atoms with Crippen LogP contribution in [0, 0.1) is 11.8 Å². The van der Waals surface area contributed by atoms with Crippen LogP contribution in [0.2, 0.25) is 0 Å². The third kappa shape index (κ3) is 0.842. The van der Waals surface area contributed by atoms with Crippen molar-refractivity contribution in [3.63, 3.8) is 0 Å². The van der Waals surface area contributed by atoms with Crippen LogP contribution in [-0.2, 0) is 11.2 Å². The molecule has 14 heavy (non-hydrogen) atoms. The predicted molar refractivity (Wildman–Crippen MR) is 49.2 cm³/mol. The van der Waals surface area contributed by atoms with E-state index in [9.17, 15) is 9.90 Å². The summed E-state index contributed by atoms with van der Waals surface area (Å²) >= 11 is 0. The summed E-state index contributed by atoms with van der Waals surface area (Å²) in [6.45, 7) is 0. The first kappa shape index (κ1) is 7.85. The van der Waals surface area contributed by atoms with Crippen molar-refractivity contribution >= 4 is 5.97 Å². The van der Waals surface area contributed by atoms with E-state index in [0.717, 1.165) is 17.5 Å². The monoisotopic (exact) mass is 190 g/mol. The Kier molecular flexibility index (Phi) is 1.29. The van der Waals surface area contributed by atoms with Crippen LogP contribution in [-0.4, -0.2) is 16.2 Å². The number of carboxylic acid groups (broad SMARTS) is 1. The highest BCUT2D eigenvalue weighted by Crippen LogP contribution is 2.61. The third-order valence-electron chi connectivity index (χ3n) is 3.39. The van der Waals surface area contributed by atoms with Crippen molar-refractivity contribution in [1.82, 2.24) is 0 Å². The molecule has 0 amide bonds. The Labute approximate surface area is 81.0 Å². The molecule has 1 saturated carbocycles. The zero-order valence-corrected chi connectivity index (χ0v) is 7.47. The van der Waals surface area contributed by atoms with E-state index in [1.54, 1.807) is 12.1 Å². The molecule has 0 aromatic heterocycles. The second kappa shape index (κ2) is 2.29. The summed E-state index contributed by atoms with van der Waals surface area (Å²) in [5.74, 6) is -0.0879. The number of fused-ring (bicyclic) bond motifs is 3. The third-order valence-corrected chi connectivity index (χ3v) is 3.39. The molecule has 3 unspecified atom stereocenters.